The van der Waals surface area contributed by atoms with Crippen molar-refractivity contribution in [1.29, 1.82) is 0 Å². The summed E-state index contributed by atoms with van der Waals surface area (Å²) in [5.74, 6) is 9.11. The van der Waals surface area contributed by atoms with Gasteiger partial charge in [-0.15, -0.1) is 0 Å². The van der Waals surface area contributed by atoms with Gasteiger partial charge in [-0.05, 0) is 35.9 Å². The molecular formula is C23H26O6. The van der Waals surface area contributed by atoms with Crippen LogP contribution in [0.15, 0.2) is 36.4 Å². The lowest BCUT2D eigenvalue weighted by Gasteiger charge is -2.12. The fourth-order valence-electron chi connectivity index (χ4n) is 2.61. The number of hydrogen-bond donors (Lipinski definition) is 0. The molecule has 0 saturated heterocycles. The van der Waals surface area contributed by atoms with E-state index in [1.807, 2.05) is 42.5 Å². The van der Waals surface area contributed by atoms with Crippen molar-refractivity contribution in [2.75, 3.05) is 48.8 Å². The second-order valence-electron chi connectivity index (χ2n) is 5.75. The Morgan fingerprint density at radius 3 is 2.00 bits per heavy atom. The minimum atomic E-state index is 0.313. The van der Waals surface area contributed by atoms with Gasteiger partial charge < -0.3 is 28.4 Å². The summed E-state index contributed by atoms with van der Waals surface area (Å²) in [6.07, 6.45) is 3.82. The van der Waals surface area contributed by atoms with Crippen molar-refractivity contribution < 1.29 is 28.4 Å². The molecule has 0 aliphatic carbocycles. The average Bonchev–Trinajstić information content (AvgIpc) is 2.77. The maximum Gasteiger partial charge on any atom is 0.203 e. The highest BCUT2D eigenvalue weighted by molar-refractivity contribution is 5.62. The van der Waals surface area contributed by atoms with Gasteiger partial charge in [0.2, 0.25) is 5.75 Å². The predicted octanol–water partition coefficient (Wildman–Crippen LogP) is 3.81. The molecule has 0 aromatic heterocycles. The third-order valence-corrected chi connectivity index (χ3v) is 4.00. The van der Waals surface area contributed by atoms with Gasteiger partial charge in [-0.1, -0.05) is 24.0 Å². The third-order valence-electron chi connectivity index (χ3n) is 4.00. The lowest BCUT2D eigenvalue weighted by molar-refractivity contribution is 0.199. The van der Waals surface area contributed by atoms with Gasteiger partial charge in [-0.25, -0.2) is 0 Å². The highest BCUT2D eigenvalue weighted by Gasteiger charge is 2.11. The smallest absolute Gasteiger partial charge is 0.203 e. The molecule has 0 heterocycles. The van der Waals surface area contributed by atoms with Crippen LogP contribution in [0.5, 0.6) is 28.7 Å². The largest absolute Gasteiger partial charge is 0.493 e. The van der Waals surface area contributed by atoms with Crippen LogP contribution in [0.25, 0.3) is 6.08 Å². The molecule has 0 bridgehead atoms. The minimum absolute atomic E-state index is 0.313. The number of ether oxygens (including phenoxy) is 6. The molecule has 6 nitrogen and oxygen atoms in total. The van der Waals surface area contributed by atoms with Crippen LogP contribution in [0.1, 0.15) is 11.1 Å². The molecule has 0 radical (unpaired) electrons. The molecule has 0 atom stereocenters. The molecule has 0 aliphatic heterocycles. The molecule has 2 aromatic rings. The number of benzene rings is 2. The van der Waals surface area contributed by atoms with Crippen LogP contribution in [-0.4, -0.2) is 48.8 Å². The van der Waals surface area contributed by atoms with E-state index in [1.54, 1.807) is 35.5 Å². The second kappa shape index (κ2) is 11.5. The summed E-state index contributed by atoms with van der Waals surface area (Å²) in [4.78, 5) is 0. The Morgan fingerprint density at radius 2 is 1.41 bits per heavy atom. The van der Waals surface area contributed by atoms with Gasteiger partial charge >= 0.3 is 0 Å². The lowest BCUT2D eigenvalue weighted by atomic mass is 10.1. The van der Waals surface area contributed by atoms with Crippen LogP contribution in [0, 0.1) is 11.8 Å². The molecule has 6 heteroatoms. The van der Waals surface area contributed by atoms with E-state index < -0.39 is 0 Å². The monoisotopic (exact) mass is 398 g/mol. The Kier molecular flexibility index (Phi) is 8.74. The zero-order valence-corrected chi connectivity index (χ0v) is 17.4. The predicted molar refractivity (Wildman–Crippen MR) is 112 cm³/mol. The molecule has 0 fully saturated rings. The lowest BCUT2D eigenvalue weighted by Crippen LogP contribution is -1.95. The van der Waals surface area contributed by atoms with Crippen LogP contribution in [0.2, 0.25) is 0 Å². The first-order valence-electron chi connectivity index (χ1n) is 8.92. The van der Waals surface area contributed by atoms with Crippen molar-refractivity contribution in [1.82, 2.24) is 0 Å². The van der Waals surface area contributed by atoms with Gasteiger partial charge in [0.25, 0.3) is 0 Å². The first-order valence-corrected chi connectivity index (χ1v) is 8.92. The van der Waals surface area contributed by atoms with Gasteiger partial charge in [0.1, 0.15) is 6.61 Å². The van der Waals surface area contributed by atoms with E-state index in [4.69, 9.17) is 28.4 Å². The van der Waals surface area contributed by atoms with Crippen LogP contribution < -0.4 is 23.7 Å². The summed E-state index contributed by atoms with van der Waals surface area (Å²) < 4.78 is 32.0. The average molecular weight is 398 g/mol. The maximum absolute atomic E-state index is 5.53. The van der Waals surface area contributed by atoms with Crippen LogP contribution in [0.4, 0.5) is 0 Å². The fraction of sp³-hybridized carbons (Fsp3) is 0.304. The molecule has 0 spiro atoms. The SMILES string of the molecule is COc1ccc(C#CCOC/C=C/c2cc(OC)c(OC)c(OC)c2)cc1OC. The van der Waals surface area contributed by atoms with E-state index in [0.717, 1.165) is 11.1 Å². The van der Waals surface area contributed by atoms with Crippen LogP contribution >= 0.6 is 0 Å². The van der Waals surface area contributed by atoms with E-state index in [9.17, 15) is 0 Å². The van der Waals surface area contributed by atoms with E-state index >= 15 is 0 Å². The molecule has 0 N–H and O–H groups in total. The highest BCUT2D eigenvalue weighted by atomic mass is 16.5. The molecule has 0 aliphatic rings. The molecule has 0 unspecified atom stereocenters. The quantitative estimate of drug-likeness (QED) is 0.473. The minimum Gasteiger partial charge on any atom is -0.493 e. The zero-order chi connectivity index (χ0) is 21.1. The molecule has 0 saturated carbocycles. The van der Waals surface area contributed by atoms with Gasteiger partial charge in [-0.2, -0.15) is 0 Å². The van der Waals surface area contributed by atoms with E-state index in [2.05, 4.69) is 11.8 Å². The molecule has 29 heavy (non-hydrogen) atoms. The first-order chi connectivity index (χ1) is 14.2. The first kappa shape index (κ1) is 22.0. The van der Waals surface area contributed by atoms with Crippen molar-refractivity contribution in [2.45, 2.75) is 0 Å². The van der Waals surface area contributed by atoms with Crippen molar-refractivity contribution in [3.8, 4) is 40.6 Å². The standard InChI is InChI=1S/C23H26O6/c1-24-19-11-10-17(14-20(19)25-2)8-6-12-29-13-7-9-18-15-21(26-3)23(28-5)22(16-18)27-4/h7,9-11,14-16H,12-13H2,1-5H3/b9-7+. The Hall–Kier alpha value is -3.30. The molecule has 2 aromatic carbocycles. The maximum atomic E-state index is 5.53. The molecule has 0 amide bonds. The molecule has 154 valence electrons. The summed E-state index contributed by atoms with van der Waals surface area (Å²) >= 11 is 0. The molecule has 2 rings (SSSR count). The zero-order valence-electron chi connectivity index (χ0n) is 17.4. The number of hydrogen-bond acceptors (Lipinski definition) is 6. The van der Waals surface area contributed by atoms with Crippen molar-refractivity contribution >= 4 is 6.08 Å². The summed E-state index contributed by atoms with van der Waals surface area (Å²) in [7, 11) is 7.95. The van der Waals surface area contributed by atoms with E-state index in [1.165, 1.54) is 0 Å². The van der Waals surface area contributed by atoms with Crippen molar-refractivity contribution in [3.63, 3.8) is 0 Å². The third kappa shape index (κ3) is 6.09. The summed E-state index contributed by atoms with van der Waals surface area (Å²) in [6.45, 7) is 0.741. The normalized spacial score (nSPS) is 10.2. The Bertz CT molecular complexity index is 867. The second-order valence-corrected chi connectivity index (χ2v) is 5.75. The summed E-state index contributed by atoms with van der Waals surface area (Å²) in [5, 5.41) is 0. The Morgan fingerprint density at radius 1 is 0.759 bits per heavy atom. The van der Waals surface area contributed by atoms with Crippen LogP contribution in [0.3, 0.4) is 0 Å². The summed E-state index contributed by atoms with van der Waals surface area (Å²) in [5.41, 5.74) is 1.75. The summed E-state index contributed by atoms with van der Waals surface area (Å²) in [6, 6.07) is 9.27. The van der Waals surface area contributed by atoms with Crippen molar-refractivity contribution in [2.24, 2.45) is 0 Å². The Balaban J connectivity index is 1.90. The number of rotatable bonds is 9. The topological polar surface area (TPSA) is 55.4 Å². The number of methoxy groups -OCH3 is 5. The van der Waals surface area contributed by atoms with Gasteiger partial charge in [-0.3, -0.25) is 0 Å². The highest BCUT2D eigenvalue weighted by Crippen LogP contribution is 2.38. The van der Waals surface area contributed by atoms with E-state index in [-0.39, 0.29) is 0 Å². The van der Waals surface area contributed by atoms with Gasteiger partial charge in [0.15, 0.2) is 23.0 Å². The molecular weight excluding hydrogens is 372 g/mol. The van der Waals surface area contributed by atoms with Gasteiger partial charge in [0, 0.05) is 5.56 Å². The van der Waals surface area contributed by atoms with E-state index in [0.29, 0.717) is 42.0 Å². The van der Waals surface area contributed by atoms with Crippen molar-refractivity contribution in [3.05, 3.63) is 47.5 Å². The van der Waals surface area contributed by atoms with Crippen LogP contribution in [-0.2, 0) is 4.74 Å². The fourth-order valence-corrected chi connectivity index (χ4v) is 2.61. The van der Waals surface area contributed by atoms with Gasteiger partial charge in [0.05, 0.1) is 42.2 Å². The Labute approximate surface area is 171 Å².